The Kier molecular flexibility index (Phi) is 9.33. The summed E-state index contributed by atoms with van der Waals surface area (Å²) in [5.41, 5.74) is 0. The fourth-order valence-corrected chi connectivity index (χ4v) is 3.92. The molecule has 0 aromatic carbocycles. The van der Waals surface area contributed by atoms with Crippen molar-refractivity contribution in [2.24, 2.45) is 23.7 Å². The van der Waals surface area contributed by atoms with E-state index in [1.165, 1.54) is 21.3 Å². The predicted molar refractivity (Wildman–Crippen MR) is 99.4 cm³/mol. The summed E-state index contributed by atoms with van der Waals surface area (Å²) < 4.78 is 39.0. The van der Waals surface area contributed by atoms with Crippen LogP contribution in [0.25, 0.3) is 0 Å². The quantitative estimate of drug-likeness (QED) is 0.268. The van der Waals surface area contributed by atoms with Gasteiger partial charge >= 0.3 is 23.9 Å². The molecule has 0 aromatic heterocycles. The fraction of sp³-hybridized carbons (Fsp3) is 0.789. The molecule has 7 atom stereocenters. The minimum absolute atomic E-state index is 0.00629. The van der Waals surface area contributed by atoms with Gasteiger partial charge in [0.25, 0.3) is 0 Å². The minimum Gasteiger partial charge on any atom is -0.468 e. The standard InChI is InChI=1S/C10H16O7.C9H12O6/c1-14-8(12)7(9(13)15-2)6-5(11)4-17-10(6)16-3;1-12-7(10)6-5-4(15-8(6)11)3-14-9(5)13-2/h5-7,10-11H,4H2,1-3H3;4-6,9H,3H2,1-2H3/t5-,6-,10?;4-,5+,6?,9?/m00/s1. The van der Waals surface area contributed by atoms with Crippen molar-refractivity contribution in [3.05, 3.63) is 0 Å². The Morgan fingerprint density at radius 1 is 0.906 bits per heavy atom. The van der Waals surface area contributed by atoms with Crippen molar-refractivity contribution in [2.45, 2.75) is 24.8 Å². The maximum absolute atomic E-state index is 11.6. The van der Waals surface area contributed by atoms with Crippen molar-refractivity contribution in [2.75, 3.05) is 48.8 Å². The third-order valence-corrected chi connectivity index (χ3v) is 5.48. The molecule has 0 saturated carbocycles. The van der Waals surface area contributed by atoms with Crippen LogP contribution in [0.4, 0.5) is 0 Å². The molecule has 0 bridgehead atoms. The molecule has 32 heavy (non-hydrogen) atoms. The van der Waals surface area contributed by atoms with Crippen molar-refractivity contribution in [1.29, 1.82) is 0 Å². The van der Waals surface area contributed by atoms with Crippen LogP contribution < -0.4 is 0 Å². The first-order valence-electron chi connectivity index (χ1n) is 9.66. The van der Waals surface area contributed by atoms with Gasteiger partial charge in [0.15, 0.2) is 24.4 Å². The molecule has 3 saturated heterocycles. The largest absolute Gasteiger partial charge is 0.468 e. The SMILES string of the molecule is COC(=O)C(C(=O)OC)[C@H]1C(OC)OC[C@@H]1O.COC(=O)C1C(=O)O[C@H]2COC(OC)[C@@H]12. The van der Waals surface area contributed by atoms with Gasteiger partial charge in [-0.2, -0.15) is 0 Å². The van der Waals surface area contributed by atoms with Crippen molar-refractivity contribution >= 4 is 23.9 Å². The van der Waals surface area contributed by atoms with Crippen molar-refractivity contribution in [3.63, 3.8) is 0 Å². The third-order valence-electron chi connectivity index (χ3n) is 5.48. The first-order valence-corrected chi connectivity index (χ1v) is 9.66. The van der Waals surface area contributed by atoms with Crippen LogP contribution in [0.3, 0.4) is 0 Å². The van der Waals surface area contributed by atoms with Gasteiger partial charge in [-0.05, 0) is 0 Å². The molecule has 1 N–H and O–H groups in total. The highest BCUT2D eigenvalue weighted by molar-refractivity contribution is 5.97. The molecule has 0 aliphatic carbocycles. The van der Waals surface area contributed by atoms with E-state index in [4.69, 9.17) is 23.7 Å². The van der Waals surface area contributed by atoms with Crippen LogP contribution in [-0.4, -0.2) is 103 Å². The van der Waals surface area contributed by atoms with Crippen molar-refractivity contribution in [3.8, 4) is 0 Å². The molecule has 13 nitrogen and oxygen atoms in total. The van der Waals surface area contributed by atoms with Gasteiger partial charge < -0.3 is 43.0 Å². The molecule has 13 heteroatoms. The molecule has 0 aromatic rings. The van der Waals surface area contributed by atoms with Crippen LogP contribution in [0.15, 0.2) is 0 Å². The summed E-state index contributed by atoms with van der Waals surface area (Å²) in [6, 6.07) is 0. The van der Waals surface area contributed by atoms with Gasteiger partial charge in [0, 0.05) is 14.2 Å². The lowest BCUT2D eigenvalue weighted by Gasteiger charge is -2.24. The van der Waals surface area contributed by atoms with Gasteiger partial charge in [0.05, 0.1) is 52.5 Å². The maximum Gasteiger partial charge on any atom is 0.321 e. The Balaban J connectivity index is 0.000000228. The van der Waals surface area contributed by atoms with Crippen LogP contribution in [0, 0.1) is 23.7 Å². The zero-order chi connectivity index (χ0) is 24.0. The van der Waals surface area contributed by atoms with Crippen molar-refractivity contribution < 1.29 is 62.2 Å². The monoisotopic (exact) mass is 464 g/mol. The summed E-state index contributed by atoms with van der Waals surface area (Å²) in [7, 11) is 6.37. The summed E-state index contributed by atoms with van der Waals surface area (Å²) in [5, 5.41) is 9.73. The number of fused-ring (bicyclic) bond motifs is 1. The van der Waals surface area contributed by atoms with Crippen LogP contribution in [0.5, 0.6) is 0 Å². The molecule has 3 fully saturated rings. The lowest BCUT2D eigenvalue weighted by atomic mass is 9.88. The number of rotatable bonds is 6. The second-order valence-electron chi connectivity index (χ2n) is 7.10. The molecule has 0 amide bonds. The number of esters is 4. The number of hydrogen-bond acceptors (Lipinski definition) is 13. The summed E-state index contributed by atoms with van der Waals surface area (Å²) in [6.45, 7) is 0.260. The lowest BCUT2D eigenvalue weighted by Crippen LogP contribution is -2.42. The highest BCUT2D eigenvalue weighted by Gasteiger charge is 2.57. The van der Waals surface area contributed by atoms with Gasteiger partial charge in [-0.1, -0.05) is 0 Å². The van der Waals surface area contributed by atoms with Crippen LogP contribution in [-0.2, 0) is 57.1 Å². The molecule has 182 valence electrons. The zero-order valence-corrected chi connectivity index (χ0v) is 18.4. The Bertz CT molecular complexity index is 671. The molecular weight excluding hydrogens is 436 g/mol. The molecule has 3 heterocycles. The summed E-state index contributed by atoms with van der Waals surface area (Å²) >= 11 is 0. The number of aliphatic hydroxyl groups is 1. The number of hydrogen-bond donors (Lipinski definition) is 1. The maximum atomic E-state index is 11.6. The van der Waals surface area contributed by atoms with Crippen LogP contribution >= 0.6 is 0 Å². The van der Waals surface area contributed by atoms with Gasteiger partial charge in [0.2, 0.25) is 0 Å². The van der Waals surface area contributed by atoms with E-state index in [2.05, 4.69) is 14.2 Å². The Labute approximate surface area is 184 Å². The summed E-state index contributed by atoms with van der Waals surface area (Å²) in [5.74, 6) is -6.13. The first-order chi connectivity index (χ1) is 15.2. The molecule has 3 aliphatic heterocycles. The summed E-state index contributed by atoms with van der Waals surface area (Å²) in [4.78, 5) is 45.9. The fourth-order valence-electron chi connectivity index (χ4n) is 3.92. The van der Waals surface area contributed by atoms with E-state index >= 15 is 0 Å². The zero-order valence-electron chi connectivity index (χ0n) is 18.4. The second-order valence-corrected chi connectivity index (χ2v) is 7.10. The van der Waals surface area contributed by atoms with Gasteiger partial charge in [-0.25, -0.2) is 0 Å². The number of carbonyl (C=O) groups excluding carboxylic acids is 4. The highest BCUT2D eigenvalue weighted by atomic mass is 16.7. The smallest absolute Gasteiger partial charge is 0.321 e. The van der Waals surface area contributed by atoms with Gasteiger partial charge in [-0.15, -0.1) is 0 Å². The minimum atomic E-state index is -1.26. The Morgan fingerprint density at radius 2 is 1.47 bits per heavy atom. The van der Waals surface area contributed by atoms with E-state index in [1.54, 1.807) is 0 Å². The molecule has 3 rings (SSSR count). The van der Waals surface area contributed by atoms with Crippen LogP contribution in [0.2, 0.25) is 0 Å². The molecule has 3 aliphatic rings. The van der Waals surface area contributed by atoms with Crippen molar-refractivity contribution in [1.82, 2.24) is 0 Å². The average Bonchev–Trinajstić information content (AvgIpc) is 3.46. The van der Waals surface area contributed by atoms with E-state index in [0.717, 1.165) is 14.2 Å². The van der Waals surface area contributed by atoms with E-state index in [9.17, 15) is 24.3 Å². The first kappa shape index (κ1) is 25.9. The average molecular weight is 464 g/mol. The molecular formula is C19H28O13. The third kappa shape index (κ3) is 5.18. The van der Waals surface area contributed by atoms with E-state index in [1.807, 2.05) is 0 Å². The molecule has 3 unspecified atom stereocenters. The lowest BCUT2D eigenvalue weighted by molar-refractivity contribution is -0.173. The summed E-state index contributed by atoms with van der Waals surface area (Å²) in [6.07, 6.45) is -2.80. The van der Waals surface area contributed by atoms with E-state index in [0.29, 0.717) is 0 Å². The number of aliphatic hydroxyl groups excluding tert-OH is 1. The van der Waals surface area contributed by atoms with E-state index < -0.39 is 72.3 Å². The topological polar surface area (TPSA) is 162 Å². The normalized spacial score (nSPS) is 33.1. The van der Waals surface area contributed by atoms with Crippen LogP contribution in [0.1, 0.15) is 0 Å². The molecule has 0 radical (unpaired) electrons. The Hall–Kier alpha value is -2.32. The molecule has 0 spiro atoms. The number of carbonyl (C=O) groups is 4. The van der Waals surface area contributed by atoms with Gasteiger partial charge in [-0.3, -0.25) is 19.2 Å². The second kappa shape index (κ2) is 11.5. The predicted octanol–water partition coefficient (Wildman–Crippen LogP) is -1.75. The Morgan fingerprint density at radius 3 is 1.97 bits per heavy atom. The van der Waals surface area contributed by atoms with Gasteiger partial charge in [0.1, 0.15) is 6.10 Å². The highest BCUT2D eigenvalue weighted by Crippen LogP contribution is 2.38. The number of methoxy groups -OCH3 is 5. The van der Waals surface area contributed by atoms with E-state index in [-0.39, 0.29) is 13.2 Å². The number of ether oxygens (including phenoxy) is 8.